The van der Waals surface area contributed by atoms with Gasteiger partial charge >= 0.3 is 6.18 Å². The molecule has 3 heterocycles. The number of hydrogen-bond donors (Lipinski definition) is 1. The van der Waals surface area contributed by atoms with Gasteiger partial charge in [0.05, 0.1) is 40.1 Å². The van der Waals surface area contributed by atoms with Crippen molar-refractivity contribution in [1.82, 2.24) is 19.9 Å². The van der Waals surface area contributed by atoms with E-state index in [1.807, 2.05) is 0 Å². The van der Waals surface area contributed by atoms with E-state index >= 15 is 0 Å². The van der Waals surface area contributed by atoms with Gasteiger partial charge in [-0.2, -0.15) is 18.3 Å². The highest BCUT2D eigenvalue weighted by molar-refractivity contribution is 7.13. The van der Waals surface area contributed by atoms with Gasteiger partial charge in [0, 0.05) is 11.6 Å². The summed E-state index contributed by atoms with van der Waals surface area (Å²) in [6.07, 6.45) is -2.41. The van der Waals surface area contributed by atoms with Crippen LogP contribution in [0.2, 0.25) is 5.02 Å². The van der Waals surface area contributed by atoms with E-state index in [-0.39, 0.29) is 32.6 Å². The summed E-state index contributed by atoms with van der Waals surface area (Å²) in [4.78, 5) is 4.15. The Hall–Kier alpha value is -2.76. The van der Waals surface area contributed by atoms with E-state index in [2.05, 4.69) is 15.2 Å². The van der Waals surface area contributed by atoms with Crippen LogP contribution in [0.5, 0.6) is 0 Å². The molecule has 0 aliphatic rings. The van der Waals surface area contributed by atoms with Crippen molar-refractivity contribution in [3.8, 4) is 33.2 Å². The van der Waals surface area contributed by atoms with Crippen molar-refractivity contribution in [3.63, 3.8) is 0 Å². The first-order valence-corrected chi connectivity index (χ1v) is 10.4. The lowest BCUT2D eigenvalue weighted by Gasteiger charge is -2.20. The van der Waals surface area contributed by atoms with Gasteiger partial charge in [-0.05, 0) is 26.0 Å². The number of hydrogen-bond acceptors (Lipinski definition) is 6. The minimum atomic E-state index is -4.83. The lowest BCUT2D eigenvalue weighted by atomic mass is 10.0. The number of halogens is 5. The van der Waals surface area contributed by atoms with Crippen LogP contribution in [0.15, 0.2) is 40.5 Å². The molecule has 0 spiro atoms. The lowest BCUT2D eigenvalue weighted by molar-refractivity contribution is -0.144. The fourth-order valence-corrected chi connectivity index (χ4v) is 4.18. The topological polar surface area (TPSA) is 77.0 Å². The number of alkyl halides is 3. The standard InChI is InChI=1S/C20H15ClF4N4O2S/c1-19(2,30)9-29-17(20(23,24)25)10(8-27-29)16-14(18-26-6-7-32-18)15(28-31-16)13-11(21)4-3-5-12(13)22/h3-8,30H,9H2,1-2H3. The van der Waals surface area contributed by atoms with Crippen molar-refractivity contribution in [2.24, 2.45) is 0 Å². The molecule has 0 atom stereocenters. The predicted molar refractivity (Wildman–Crippen MR) is 111 cm³/mol. The minimum absolute atomic E-state index is 0.0106. The second-order valence-electron chi connectivity index (χ2n) is 7.54. The highest BCUT2D eigenvalue weighted by Gasteiger charge is 2.42. The molecule has 0 aliphatic heterocycles. The second kappa shape index (κ2) is 7.98. The first-order valence-electron chi connectivity index (χ1n) is 9.17. The van der Waals surface area contributed by atoms with Crippen LogP contribution in [-0.2, 0) is 12.7 Å². The van der Waals surface area contributed by atoms with Gasteiger partial charge in [-0.15, -0.1) is 11.3 Å². The van der Waals surface area contributed by atoms with Crippen molar-refractivity contribution in [1.29, 1.82) is 0 Å². The zero-order valence-corrected chi connectivity index (χ0v) is 18.2. The predicted octanol–water partition coefficient (Wildman–Crippen LogP) is 5.91. The Morgan fingerprint density at radius 2 is 1.97 bits per heavy atom. The molecule has 0 bridgehead atoms. The van der Waals surface area contributed by atoms with E-state index in [0.717, 1.165) is 23.6 Å². The smallest absolute Gasteiger partial charge is 0.389 e. The largest absolute Gasteiger partial charge is 0.433 e. The van der Waals surface area contributed by atoms with Crippen molar-refractivity contribution in [3.05, 3.63) is 52.5 Å². The summed E-state index contributed by atoms with van der Waals surface area (Å²) in [5, 5.41) is 19.6. The first-order chi connectivity index (χ1) is 15.0. The first kappa shape index (κ1) is 22.4. The molecule has 12 heteroatoms. The van der Waals surface area contributed by atoms with E-state index in [1.165, 1.54) is 32.2 Å². The maximum absolute atomic E-state index is 14.6. The van der Waals surface area contributed by atoms with Crippen molar-refractivity contribution in [2.75, 3.05) is 0 Å². The summed E-state index contributed by atoms with van der Waals surface area (Å²) in [6, 6.07) is 3.99. The van der Waals surface area contributed by atoms with E-state index in [0.29, 0.717) is 4.68 Å². The minimum Gasteiger partial charge on any atom is -0.389 e. The number of nitrogens with zero attached hydrogens (tertiary/aromatic N) is 4. The third kappa shape index (κ3) is 4.15. The molecule has 4 rings (SSSR count). The molecule has 0 unspecified atom stereocenters. The maximum Gasteiger partial charge on any atom is 0.433 e. The zero-order chi connectivity index (χ0) is 23.3. The van der Waals surface area contributed by atoms with E-state index in [1.54, 1.807) is 5.38 Å². The number of thiazole rings is 1. The Balaban J connectivity index is 2.00. The highest BCUT2D eigenvalue weighted by Crippen LogP contribution is 2.46. The van der Waals surface area contributed by atoms with E-state index in [9.17, 15) is 22.7 Å². The van der Waals surface area contributed by atoms with Crippen LogP contribution < -0.4 is 0 Å². The Bertz CT molecular complexity index is 1240. The van der Waals surface area contributed by atoms with E-state index in [4.69, 9.17) is 16.1 Å². The Morgan fingerprint density at radius 1 is 1.22 bits per heavy atom. The van der Waals surface area contributed by atoms with Gasteiger partial charge in [-0.3, -0.25) is 4.68 Å². The van der Waals surface area contributed by atoms with E-state index < -0.39 is 35.4 Å². The van der Waals surface area contributed by atoms with Crippen LogP contribution in [0.25, 0.3) is 33.2 Å². The third-order valence-electron chi connectivity index (χ3n) is 4.43. The van der Waals surface area contributed by atoms with Crippen LogP contribution in [0.1, 0.15) is 19.5 Å². The van der Waals surface area contributed by atoms with Crippen LogP contribution in [0, 0.1) is 5.82 Å². The molecular formula is C20H15ClF4N4O2S. The fourth-order valence-electron chi connectivity index (χ4n) is 3.25. The SMILES string of the molecule is CC(C)(O)Cn1ncc(-c2onc(-c3c(F)cccc3Cl)c2-c2nccs2)c1C(F)(F)F. The molecule has 0 radical (unpaired) electrons. The summed E-state index contributed by atoms with van der Waals surface area (Å²) >= 11 is 7.29. The van der Waals surface area contributed by atoms with Crippen LogP contribution in [0.3, 0.4) is 0 Å². The van der Waals surface area contributed by atoms with Crippen LogP contribution in [0.4, 0.5) is 17.6 Å². The quantitative estimate of drug-likeness (QED) is 0.355. The summed E-state index contributed by atoms with van der Waals surface area (Å²) in [7, 11) is 0. The Kier molecular flexibility index (Phi) is 5.60. The van der Waals surface area contributed by atoms with Gasteiger partial charge in [-0.25, -0.2) is 9.37 Å². The number of benzene rings is 1. The van der Waals surface area contributed by atoms with Crippen molar-refractivity contribution in [2.45, 2.75) is 32.2 Å². The number of rotatable bonds is 5. The van der Waals surface area contributed by atoms with Gasteiger partial charge in [0.2, 0.25) is 0 Å². The second-order valence-corrected chi connectivity index (χ2v) is 8.85. The Labute approximate surface area is 188 Å². The van der Waals surface area contributed by atoms with Crippen LogP contribution >= 0.6 is 22.9 Å². The molecule has 1 aromatic carbocycles. The summed E-state index contributed by atoms with van der Waals surface area (Å²) in [5.74, 6) is -1.01. The van der Waals surface area contributed by atoms with Gasteiger partial charge in [0.25, 0.3) is 0 Å². The zero-order valence-electron chi connectivity index (χ0n) is 16.6. The Morgan fingerprint density at radius 3 is 2.56 bits per heavy atom. The average Bonchev–Trinajstić information content (AvgIpc) is 3.37. The number of aromatic nitrogens is 4. The summed E-state index contributed by atoms with van der Waals surface area (Å²) < 4.78 is 62.7. The molecule has 0 fully saturated rings. The molecule has 0 amide bonds. The molecule has 6 nitrogen and oxygen atoms in total. The van der Waals surface area contributed by atoms with Gasteiger partial charge < -0.3 is 9.63 Å². The lowest BCUT2D eigenvalue weighted by Crippen LogP contribution is -2.29. The van der Waals surface area contributed by atoms with Crippen molar-refractivity contribution >= 4 is 22.9 Å². The molecule has 4 aromatic rings. The van der Waals surface area contributed by atoms with Crippen LogP contribution in [-0.4, -0.2) is 30.6 Å². The molecule has 168 valence electrons. The molecule has 32 heavy (non-hydrogen) atoms. The monoisotopic (exact) mass is 486 g/mol. The van der Waals surface area contributed by atoms with Gasteiger partial charge in [-0.1, -0.05) is 22.8 Å². The van der Waals surface area contributed by atoms with Gasteiger partial charge in [0.1, 0.15) is 16.5 Å². The molecular weight excluding hydrogens is 472 g/mol. The molecule has 0 saturated carbocycles. The third-order valence-corrected chi connectivity index (χ3v) is 5.53. The maximum atomic E-state index is 14.6. The van der Waals surface area contributed by atoms with Crippen molar-refractivity contribution < 1.29 is 27.2 Å². The fraction of sp³-hybridized carbons (Fsp3) is 0.250. The number of aliphatic hydroxyl groups is 1. The normalized spacial score (nSPS) is 12.5. The average molecular weight is 487 g/mol. The van der Waals surface area contributed by atoms with Gasteiger partial charge in [0.15, 0.2) is 11.5 Å². The molecule has 3 aromatic heterocycles. The molecule has 1 N–H and O–H groups in total. The molecule has 0 aliphatic carbocycles. The summed E-state index contributed by atoms with van der Waals surface area (Å²) in [6.45, 7) is 2.30. The highest BCUT2D eigenvalue weighted by atomic mass is 35.5. The summed E-state index contributed by atoms with van der Waals surface area (Å²) in [5.41, 5.74) is -3.17. The molecule has 0 saturated heterocycles.